The van der Waals surface area contributed by atoms with Gasteiger partial charge in [0.25, 0.3) is 5.91 Å². The second-order valence-corrected chi connectivity index (χ2v) is 5.57. The predicted molar refractivity (Wildman–Crippen MR) is 77.6 cm³/mol. The van der Waals surface area contributed by atoms with Gasteiger partial charge in [-0.2, -0.15) is 0 Å². The van der Waals surface area contributed by atoms with E-state index < -0.39 is 41.4 Å². The zero-order valence-corrected chi connectivity index (χ0v) is 12.7. The lowest BCUT2D eigenvalue weighted by Gasteiger charge is -2.20. The van der Waals surface area contributed by atoms with Gasteiger partial charge in [-0.1, -0.05) is 19.3 Å². The largest absolute Gasteiger partial charge is 0.347 e. The average molecular weight is 347 g/mol. The summed E-state index contributed by atoms with van der Waals surface area (Å²) in [7, 11) is 0. The second kappa shape index (κ2) is 7.98. The molecule has 0 saturated heterocycles. The molecule has 1 aromatic carbocycles. The Labute approximate surface area is 135 Å². The number of halogens is 4. The summed E-state index contributed by atoms with van der Waals surface area (Å²) < 4.78 is 52.8. The number of hydrogen-bond donors (Lipinski definition) is 3. The van der Waals surface area contributed by atoms with Crippen LogP contribution in [0.25, 0.3) is 0 Å². The number of anilines is 1. The monoisotopic (exact) mass is 347 g/mol. The van der Waals surface area contributed by atoms with Crippen molar-refractivity contribution >= 4 is 17.5 Å². The average Bonchev–Trinajstić information content (AvgIpc) is 2.58. The van der Waals surface area contributed by atoms with Crippen molar-refractivity contribution in [2.24, 2.45) is 5.92 Å². The maximum absolute atomic E-state index is 13.4. The molecule has 0 spiro atoms. The molecule has 24 heavy (non-hydrogen) atoms. The molecule has 9 heteroatoms. The highest BCUT2D eigenvalue weighted by atomic mass is 19.2. The lowest BCUT2D eigenvalue weighted by molar-refractivity contribution is -0.129. The van der Waals surface area contributed by atoms with E-state index in [9.17, 15) is 27.2 Å². The molecule has 1 saturated carbocycles. The fourth-order valence-corrected chi connectivity index (χ4v) is 2.54. The minimum absolute atomic E-state index is 0.0576. The molecular weight excluding hydrogens is 330 g/mol. The number of benzene rings is 1. The maximum Gasteiger partial charge on any atom is 0.257 e. The number of nitrogens with one attached hydrogen (secondary N) is 3. The maximum atomic E-state index is 13.4. The Morgan fingerprint density at radius 1 is 1.00 bits per heavy atom. The molecule has 5 nitrogen and oxygen atoms in total. The van der Waals surface area contributed by atoms with Crippen LogP contribution in [-0.4, -0.2) is 18.4 Å². The highest BCUT2D eigenvalue weighted by Crippen LogP contribution is 2.24. The van der Waals surface area contributed by atoms with Crippen LogP contribution in [0.5, 0.6) is 0 Å². The molecule has 1 fully saturated rings. The van der Waals surface area contributed by atoms with Crippen molar-refractivity contribution in [2.75, 3.05) is 12.0 Å². The molecule has 1 aliphatic carbocycles. The molecule has 0 heterocycles. The van der Waals surface area contributed by atoms with Crippen molar-refractivity contribution < 1.29 is 27.2 Å². The number of carbonyl (C=O) groups is 2. The Morgan fingerprint density at radius 3 is 2.17 bits per heavy atom. The molecule has 0 atom stereocenters. The van der Waals surface area contributed by atoms with Crippen LogP contribution in [0.3, 0.4) is 0 Å². The molecular formula is C15H17F4N3O2. The Hall–Kier alpha value is -2.32. The Kier molecular flexibility index (Phi) is 5.99. The van der Waals surface area contributed by atoms with Crippen molar-refractivity contribution in [3.8, 4) is 0 Å². The van der Waals surface area contributed by atoms with Crippen LogP contribution in [0.15, 0.2) is 6.07 Å². The van der Waals surface area contributed by atoms with E-state index in [-0.39, 0.29) is 17.9 Å². The fraction of sp³-hybridized carbons (Fsp3) is 0.467. The van der Waals surface area contributed by atoms with E-state index in [2.05, 4.69) is 5.32 Å². The van der Waals surface area contributed by atoms with E-state index >= 15 is 0 Å². The number of carbonyl (C=O) groups excluding carboxylic acids is 2. The zero-order valence-electron chi connectivity index (χ0n) is 12.7. The van der Waals surface area contributed by atoms with E-state index in [0.29, 0.717) is 0 Å². The van der Waals surface area contributed by atoms with Crippen LogP contribution in [0.4, 0.5) is 23.2 Å². The Bertz CT molecular complexity index is 607. The van der Waals surface area contributed by atoms with Crippen molar-refractivity contribution in [3.05, 3.63) is 29.3 Å². The molecule has 132 valence electrons. The lowest BCUT2D eigenvalue weighted by Crippen LogP contribution is -2.42. The lowest BCUT2D eigenvalue weighted by atomic mass is 9.89. The first kappa shape index (κ1) is 18.0. The molecule has 0 unspecified atom stereocenters. The number of rotatable bonds is 5. The molecule has 0 aromatic heterocycles. The van der Waals surface area contributed by atoms with Gasteiger partial charge < -0.3 is 5.32 Å². The standard InChI is InChI=1S/C15H17F4N3O2/c16-9-6-10(17)13(19)14(12(9)18)22-21-11(23)7-20-15(24)8-4-2-1-3-5-8/h6,8,22H,1-5,7H2,(H,20,24)(H,21,23). The van der Waals surface area contributed by atoms with Crippen LogP contribution in [-0.2, 0) is 9.59 Å². The minimum atomic E-state index is -1.67. The first-order valence-corrected chi connectivity index (χ1v) is 7.55. The van der Waals surface area contributed by atoms with Crippen molar-refractivity contribution in [1.29, 1.82) is 0 Å². The van der Waals surface area contributed by atoms with Gasteiger partial charge in [0.1, 0.15) is 5.69 Å². The van der Waals surface area contributed by atoms with Gasteiger partial charge in [0, 0.05) is 12.0 Å². The smallest absolute Gasteiger partial charge is 0.257 e. The van der Waals surface area contributed by atoms with Crippen molar-refractivity contribution in [3.63, 3.8) is 0 Å². The number of hydrogen-bond acceptors (Lipinski definition) is 3. The van der Waals surface area contributed by atoms with Crippen LogP contribution in [0.1, 0.15) is 32.1 Å². The molecule has 1 aromatic rings. The summed E-state index contributed by atoms with van der Waals surface area (Å²) in [6, 6.07) is 0.0576. The van der Waals surface area contributed by atoms with E-state index in [1.807, 2.05) is 5.43 Å². The summed E-state index contributed by atoms with van der Waals surface area (Å²) in [6.07, 6.45) is 4.50. The predicted octanol–water partition coefficient (Wildman–Crippen LogP) is 2.38. The molecule has 1 aliphatic rings. The summed E-state index contributed by atoms with van der Waals surface area (Å²) in [6.45, 7) is -0.427. The van der Waals surface area contributed by atoms with Gasteiger partial charge in [0.2, 0.25) is 5.91 Å². The molecule has 0 bridgehead atoms. The Balaban J connectivity index is 1.84. The van der Waals surface area contributed by atoms with Crippen LogP contribution < -0.4 is 16.2 Å². The quantitative estimate of drug-likeness (QED) is 0.435. The van der Waals surface area contributed by atoms with E-state index in [0.717, 1.165) is 32.1 Å². The fourth-order valence-electron chi connectivity index (χ4n) is 2.54. The summed E-state index contributed by atoms with van der Waals surface area (Å²) in [4.78, 5) is 23.4. The minimum Gasteiger partial charge on any atom is -0.347 e. The Morgan fingerprint density at radius 2 is 1.58 bits per heavy atom. The highest BCUT2D eigenvalue weighted by Gasteiger charge is 2.22. The van der Waals surface area contributed by atoms with Gasteiger partial charge in [0.05, 0.1) is 6.54 Å². The van der Waals surface area contributed by atoms with Crippen LogP contribution in [0.2, 0.25) is 0 Å². The van der Waals surface area contributed by atoms with Gasteiger partial charge >= 0.3 is 0 Å². The zero-order chi connectivity index (χ0) is 17.7. The molecule has 2 rings (SSSR count). The summed E-state index contributed by atoms with van der Waals surface area (Å²) >= 11 is 0. The summed E-state index contributed by atoms with van der Waals surface area (Å²) in [5.41, 5.74) is 2.51. The third-order valence-electron chi connectivity index (χ3n) is 3.84. The van der Waals surface area contributed by atoms with E-state index in [1.54, 1.807) is 5.43 Å². The van der Waals surface area contributed by atoms with Gasteiger partial charge in [-0.25, -0.2) is 17.6 Å². The molecule has 3 N–H and O–H groups in total. The first-order valence-electron chi connectivity index (χ1n) is 7.55. The van der Waals surface area contributed by atoms with E-state index in [4.69, 9.17) is 0 Å². The van der Waals surface area contributed by atoms with Crippen molar-refractivity contribution in [2.45, 2.75) is 32.1 Å². The van der Waals surface area contributed by atoms with Gasteiger partial charge in [-0.3, -0.25) is 20.4 Å². The highest BCUT2D eigenvalue weighted by molar-refractivity contribution is 5.86. The number of hydrazine groups is 1. The first-order chi connectivity index (χ1) is 11.4. The normalized spacial score (nSPS) is 15.0. The molecule has 0 aliphatic heterocycles. The summed E-state index contributed by atoms with van der Waals surface area (Å²) in [5, 5.41) is 2.41. The topological polar surface area (TPSA) is 70.2 Å². The number of amides is 2. The van der Waals surface area contributed by atoms with Crippen LogP contribution >= 0.6 is 0 Å². The van der Waals surface area contributed by atoms with Crippen molar-refractivity contribution in [1.82, 2.24) is 10.7 Å². The molecule has 0 radical (unpaired) electrons. The third kappa shape index (κ3) is 4.36. The molecule has 2 amide bonds. The van der Waals surface area contributed by atoms with Gasteiger partial charge in [-0.05, 0) is 12.8 Å². The van der Waals surface area contributed by atoms with Gasteiger partial charge in [-0.15, -0.1) is 0 Å². The van der Waals surface area contributed by atoms with Crippen LogP contribution in [0, 0.1) is 29.2 Å². The second-order valence-electron chi connectivity index (χ2n) is 5.57. The van der Waals surface area contributed by atoms with Gasteiger partial charge in [0.15, 0.2) is 23.3 Å². The SMILES string of the molecule is O=C(CNC(=O)C1CCCCC1)NNc1c(F)c(F)cc(F)c1F. The van der Waals surface area contributed by atoms with E-state index in [1.165, 1.54) is 0 Å². The third-order valence-corrected chi connectivity index (χ3v) is 3.84. The summed E-state index contributed by atoms with van der Waals surface area (Å²) in [5.74, 6) is -7.76.